The van der Waals surface area contributed by atoms with Crippen molar-refractivity contribution in [1.82, 2.24) is 14.6 Å². The molecule has 1 fully saturated rings. The predicted octanol–water partition coefficient (Wildman–Crippen LogP) is 1.94. The number of nitrogens with zero attached hydrogens (tertiary/aromatic N) is 1. The summed E-state index contributed by atoms with van der Waals surface area (Å²) in [5.74, 6) is 1.17. The third-order valence-electron chi connectivity index (χ3n) is 4.16. The van der Waals surface area contributed by atoms with Crippen LogP contribution in [0.25, 0.3) is 0 Å². The second kappa shape index (κ2) is 6.94. The van der Waals surface area contributed by atoms with Gasteiger partial charge in [0.25, 0.3) is 0 Å². The van der Waals surface area contributed by atoms with Crippen molar-refractivity contribution in [1.29, 1.82) is 0 Å². The van der Waals surface area contributed by atoms with E-state index < -0.39 is 10.0 Å². The molecule has 6 heteroatoms. The van der Waals surface area contributed by atoms with Crippen LogP contribution in [0.1, 0.15) is 39.3 Å². The Balaban J connectivity index is 2.03. The molecule has 1 aliphatic carbocycles. The van der Waals surface area contributed by atoms with Crippen molar-refractivity contribution in [2.75, 3.05) is 13.1 Å². The maximum atomic E-state index is 12.3. The van der Waals surface area contributed by atoms with E-state index in [0.29, 0.717) is 29.8 Å². The number of hydrogen-bond donors (Lipinski definition) is 2. The van der Waals surface area contributed by atoms with Crippen molar-refractivity contribution in [2.24, 2.45) is 11.8 Å². The van der Waals surface area contributed by atoms with Gasteiger partial charge in [0.2, 0.25) is 10.0 Å². The minimum absolute atomic E-state index is 0.381. The van der Waals surface area contributed by atoms with Crippen LogP contribution < -0.4 is 10.0 Å². The molecule has 120 valence electrons. The van der Waals surface area contributed by atoms with Crippen molar-refractivity contribution in [3.63, 3.8) is 0 Å². The van der Waals surface area contributed by atoms with Crippen molar-refractivity contribution >= 4 is 10.0 Å². The van der Waals surface area contributed by atoms with Gasteiger partial charge in [-0.25, -0.2) is 13.1 Å². The van der Waals surface area contributed by atoms with E-state index in [1.54, 1.807) is 12.3 Å². The fourth-order valence-corrected chi connectivity index (χ4v) is 3.65. The summed E-state index contributed by atoms with van der Waals surface area (Å²) in [6.07, 6.45) is 3.94. The minimum Gasteiger partial charge on any atom is -0.349 e. The van der Waals surface area contributed by atoms with Gasteiger partial charge in [-0.15, -0.1) is 0 Å². The highest BCUT2D eigenvalue weighted by atomic mass is 32.2. The fourth-order valence-electron chi connectivity index (χ4n) is 2.49. The third kappa shape index (κ3) is 4.31. The molecule has 0 aromatic carbocycles. The highest BCUT2D eigenvalue weighted by Crippen LogP contribution is 2.37. The van der Waals surface area contributed by atoms with Crippen molar-refractivity contribution in [3.8, 4) is 0 Å². The first-order valence-electron chi connectivity index (χ1n) is 7.87. The molecule has 2 unspecified atom stereocenters. The lowest BCUT2D eigenvalue weighted by atomic mass is 10.3. The summed E-state index contributed by atoms with van der Waals surface area (Å²) in [6, 6.07) is 1.78. The average Bonchev–Trinajstić information content (AvgIpc) is 2.99. The molecule has 0 spiro atoms. The number of nitrogens with one attached hydrogen (secondary N) is 2. The SMILES string of the molecule is CCCNCc1cc(S(=O)(=O)NCC2CC2C)cn1CC. The van der Waals surface area contributed by atoms with Crippen LogP contribution in [0.2, 0.25) is 0 Å². The predicted molar refractivity (Wildman–Crippen MR) is 84.6 cm³/mol. The molecule has 0 bridgehead atoms. The van der Waals surface area contributed by atoms with Crippen molar-refractivity contribution < 1.29 is 8.42 Å². The van der Waals surface area contributed by atoms with Gasteiger partial charge in [0.15, 0.2) is 0 Å². The first kappa shape index (κ1) is 16.5. The van der Waals surface area contributed by atoms with Crippen LogP contribution >= 0.6 is 0 Å². The lowest BCUT2D eigenvalue weighted by Crippen LogP contribution is -2.25. The molecule has 0 amide bonds. The Morgan fingerprint density at radius 2 is 2.10 bits per heavy atom. The van der Waals surface area contributed by atoms with Crippen molar-refractivity contribution in [2.45, 2.75) is 51.6 Å². The van der Waals surface area contributed by atoms with Crippen LogP contribution in [0.4, 0.5) is 0 Å². The summed E-state index contributed by atoms with van der Waals surface area (Å²) >= 11 is 0. The van der Waals surface area contributed by atoms with Crippen LogP contribution in [0.5, 0.6) is 0 Å². The zero-order valence-corrected chi connectivity index (χ0v) is 14.0. The first-order chi connectivity index (χ1) is 9.97. The molecule has 5 nitrogen and oxygen atoms in total. The Morgan fingerprint density at radius 1 is 1.38 bits per heavy atom. The number of aromatic nitrogens is 1. The van der Waals surface area contributed by atoms with Gasteiger partial charge in [-0.05, 0) is 44.2 Å². The van der Waals surface area contributed by atoms with E-state index in [1.165, 1.54) is 0 Å². The lowest BCUT2D eigenvalue weighted by Gasteiger charge is -2.06. The quantitative estimate of drug-likeness (QED) is 0.685. The monoisotopic (exact) mass is 313 g/mol. The Labute approximate surface area is 128 Å². The van der Waals surface area contributed by atoms with Gasteiger partial charge in [-0.3, -0.25) is 0 Å². The summed E-state index contributed by atoms with van der Waals surface area (Å²) in [5.41, 5.74) is 1.02. The molecule has 0 saturated heterocycles. The number of hydrogen-bond acceptors (Lipinski definition) is 3. The van der Waals surface area contributed by atoms with E-state index in [0.717, 1.165) is 31.6 Å². The molecule has 1 saturated carbocycles. The molecule has 0 radical (unpaired) electrons. The molecule has 1 aliphatic rings. The smallest absolute Gasteiger partial charge is 0.242 e. The molecule has 1 aromatic rings. The van der Waals surface area contributed by atoms with Gasteiger partial charge in [0.1, 0.15) is 0 Å². The summed E-state index contributed by atoms with van der Waals surface area (Å²) in [7, 11) is -3.38. The van der Waals surface area contributed by atoms with Crippen LogP contribution in [0.15, 0.2) is 17.2 Å². The van der Waals surface area contributed by atoms with Gasteiger partial charge < -0.3 is 9.88 Å². The fraction of sp³-hybridized carbons (Fsp3) is 0.733. The third-order valence-corrected chi connectivity index (χ3v) is 5.55. The Bertz CT molecular complexity index is 565. The van der Waals surface area contributed by atoms with Crippen LogP contribution in [-0.4, -0.2) is 26.1 Å². The van der Waals surface area contributed by atoms with Gasteiger partial charge in [0, 0.05) is 31.5 Å². The molecule has 2 N–H and O–H groups in total. The van der Waals surface area contributed by atoms with Gasteiger partial charge in [-0.1, -0.05) is 13.8 Å². The maximum Gasteiger partial charge on any atom is 0.242 e. The summed E-state index contributed by atoms with van der Waals surface area (Å²) in [5, 5.41) is 3.32. The van der Waals surface area contributed by atoms with E-state index in [9.17, 15) is 8.42 Å². The van der Waals surface area contributed by atoms with Crippen LogP contribution in [0, 0.1) is 11.8 Å². The number of sulfonamides is 1. The molecule has 2 atom stereocenters. The maximum absolute atomic E-state index is 12.3. The minimum atomic E-state index is -3.38. The molecular weight excluding hydrogens is 286 g/mol. The Morgan fingerprint density at radius 3 is 2.67 bits per heavy atom. The normalized spacial score (nSPS) is 21.7. The van der Waals surface area contributed by atoms with Gasteiger partial charge in [0.05, 0.1) is 4.90 Å². The van der Waals surface area contributed by atoms with Gasteiger partial charge >= 0.3 is 0 Å². The topological polar surface area (TPSA) is 63.1 Å². The summed E-state index contributed by atoms with van der Waals surface area (Å²) in [4.78, 5) is 0.381. The van der Waals surface area contributed by atoms with Crippen LogP contribution in [0.3, 0.4) is 0 Å². The molecule has 0 aliphatic heterocycles. The lowest BCUT2D eigenvalue weighted by molar-refractivity contribution is 0.574. The second-order valence-electron chi connectivity index (χ2n) is 5.95. The van der Waals surface area contributed by atoms with Crippen molar-refractivity contribution in [3.05, 3.63) is 18.0 Å². The molecule has 1 heterocycles. The summed E-state index contributed by atoms with van der Waals surface area (Å²) in [6.45, 7) is 9.28. The average molecular weight is 313 g/mol. The Hall–Kier alpha value is -0.850. The number of rotatable bonds is 9. The van der Waals surface area contributed by atoms with E-state index in [4.69, 9.17) is 0 Å². The molecular formula is C15H27N3O2S. The van der Waals surface area contributed by atoms with E-state index >= 15 is 0 Å². The molecule has 2 rings (SSSR count). The highest BCUT2D eigenvalue weighted by molar-refractivity contribution is 7.89. The first-order valence-corrected chi connectivity index (χ1v) is 9.35. The summed E-state index contributed by atoms with van der Waals surface area (Å²) < 4.78 is 29.4. The van der Waals surface area contributed by atoms with E-state index in [1.807, 2.05) is 11.5 Å². The van der Waals surface area contributed by atoms with Gasteiger partial charge in [-0.2, -0.15) is 0 Å². The van der Waals surface area contributed by atoms with E-state index in [2.05, 4.69) is 23.9 Å². The zero-order chi connectivity index (χ0) is 15.5. The largest absolute Gasteiger partial charge is 0.349 e. The highest BCUT2D eigenvalue weighted by Gasteiger charge is 2.33. The van der Waals surface area contributed by atoms with Crippen LogP contribution in [-0.2, 0) is 23.1 Å². The zero-order valence-electron chi connectivity index (χ0n) is 13.2. The standard InChI is InChI=1S/C15H27N3O2S/c1-4-6-16-10-14-8-15(11-18(14)5-2)21(19,20)17-9-13-7-12(13)3/h8,11-13,16-17H,4-7,9-10H2,1-3H3. The molecule has 1 aromatic heterocycles. The number of aryl methyl sites for hydroxylation is 1. The van der Waals surface area contributed by atoms with E-state index in [-0.39, 0.29) is 0 Å². The molecule has 21 heavy (non-hydrogen) atoms. The Kier molecular flexibility index (Phi) is 5.46. The second-order valence-corrected chi connectivity index (χ2v) is 7.72.